The van der Waals surface area contributed by atoms with E-state index in [2.05, 4.69) is 20.3 Å². The molecule has 0 aliphatic carbocycles. The number of anilines is 3. The second-order valence-electron chi connectivity index (χ2n) is 7.69. The molecule has 1 amide bonds. The van der Waals surface area contributed by atoms with Gasteiger partial charge in [0.25, 0.3) is 5.91 Å². The van der Waals surface area contributed by atoms with Crippen molar-refractivity contribution in [2.45, 2.75) is 6.42 Å². The summed E-state index contributed by atoms with van der Waals surface area (Å²) in [5.74, 6) is -0.419. The number of amides is 1. The number of aryl methyl sites for hydroxylation is 1. The van der Waals surface area contributed by atoms with Gasteiger partial charge in [0, 0.05) is 31.0 Å². The molecule has 2 aromatic heterocycles. The van der Waals surface area contributed by atoms with E-state index in [0.29, 0.717) is 28.5 Å². The van der Waals surface area contributed by atoms with Crippen LogP contribution in [0.2, 0.25) is 0 Å². The molecule has 4 aromatic rings. The van der Waals surface area contributed by atoms with Crippen LogP contribution in [0.3, 0.4) is 0 Å². The summed E-state index contributed by atoms with van der Waals surface area (Å²) in [6.07, 6.45) is 1.35. The topological polar surface area (TPSA) is 165 Å². The molecular formula is C24H24N8O3. The number of guanidine groups is 1. The molecule has 6 N–H and O–H groups in total. The highest BCUT2D eigenvalue weighted by Gasteiger charge is 2.21. The van der Waals surface area contributed by atoms with Gasteiger partial charge in [0.2, 0.25) is 5.95 Å². The van der Waals surface area contributed by atoms with Crippen molar-refractivity contribution >= 4 is 52.0 Å². The fourth-order valence-corrected chi connectivity index (χ4v) is 3.54. The highest BCUT2D eigenvalue weighted by Crippen LogP contribution is 2.25. The number of nitrogens with zero attached hydrogens (tertiary/aromatic N) is 5. The fourth-order valence-electron chi connectivity index (χ4n) is 3.54. The van der Waals surface area contributed by atoms with E-state index >= 15 is 0 Å². The minimum absolute atomic E-state index is 0.00587. The highest BCUT2D eigenvalue weighted by atomic mass is 16.4. The number of benzene rings is 2. The van der Waals surface area contributed by atoms with E-state index in [1.165, 1.54) is 4.90 Å². The summed E-state index contributed by atoms with van der Waals surface area (Å²) >= 11 is 0. The Hall–Kier alpha value is -4.93. The third-order valence-corrected chi connectivity index (χ3v) is 5.23. The largest absolute Gasteiger partial charge is 0.481 e. The first-order chi connectivity index (χ1) is 16.8. The Balaban J connectivity index is 1.61. The first-order valence-corrected chi connectivity index (χ1v) is 10.7. The van der Waals surface area contributed by atoms with E-state index in [1.54, 1.807) is 54.7 Å². The third kappa shape index (κ3) is 5.36. The van der Waals surface area contributed by atoms with Crippen LogP contribution >= 0.6 is 0 Å². The zero-order chi connectivity index (χ0) is 24.9. The Bertz CT molecular complexity index is 1390. The summed E-state index contributed by atoms with van der Waals surface area (Å²) < 4.78 is 1.87. The lowest BCUT2D eigenvalue weighted by atomic mass is 10.1. The molecule has 0 spiro atoms. The quantitative estimate of drug-likeness (QED) is 0.224. The van der Waals surface area contributed by atoms with E-state index in [1.807, 2.05) is 23.7 Å². The number of nitrogens with one attached hydrogen (secondary N) is 1. The number of hydrogen-bond acceptors (Lipinski definition) is 6. The summed E-state index contributed by atoms with van der Waals surface area (Å²) in [7, 11) is 1.86. The molecule has 4 rings (SSSR count). The van der Waals surface area contributed by atoms with Crippen molar-refractivity contribution in [3.05, 3.63) is 72.4 Å². The van der Waals surface area contributed by atoms with Gasteiger partial charge in [-0.25, -0.2) is 15.0 Å². The van der Waals surface area contributed by atoms with Crippen LogP contribution in [-0.4, -0.2) is 44.0 Å². The van der Waals surface area contributed by atoms with Crippen LogP contribution in [0.15, 0.2) is 71.9 Å². The summed E-state index contributed by atoms with van der Waals surface area (Å²) in [6, 6.07) is 17.5. The van der Waals surface area contributed by atoms with Crippen molar-refractivity contribution in [2.75, 3.05) is 16.8 Å². The van der Waals surface area contributed by atoms with Gasteiger partial charge in [-0.05, 0) is 54.6 Å². The van der Waals surface area contributed by atoms with Gasteiger partial charge in [-0.2, -0.15) is 0 Å². The highest BCUT2D eigenvalue weighted by molar-refractivity contribution is 6.07. The van der Waals surface area contributed by atoms with Crippen molar-refractivity contribution in [1.29, 1.82) is 0 Å². The minimum atomic E-state index is -0.999. The van der Waals surface area contributed by atoms with Crippen molar-refractivity contribution in [3.63, 3.8) is 0 Å². The average Bonchev–Trinajstić information content (AvgIpc) is 3.15. The molecule has 2 heterocycles. The molecule has 0 aliphatic heterocycles. The monoisotopic (exact) mass is 472 g/mol. The number of aliphatic imine (C=N–C) groups is 1. The Kier molecular flexibility index (Phi) is 6.58. The molecule has 0 saturated carbocycles. The number of carbonyl (C=O) groups is 2. The van der Waals surface area contributed by atoms with Crippen molar-refractivity contribution in [2.24, 2.45) is 23.5 Å². The number of carbonyl (C=O) groups excluding carboxylic acids is 1. The molecule has 2 aromatic carbocycles. The summed E-state index contributed by atoms with van der Waals surface area (Å²) in [5.41, 5.74) is 14.0. The number of aromatic nitrogens is 3. The number of aliphatic carboxylic acids is 1. The van der Waals surface area contributed by atoms with Gasteiger partial charge in [0.05, 0.1) is 23.1 Å². The van der Waals surface area contributed by atoms with Gasteiger partial charge in [0.15, 0.2) is 5.96 Å². The Labute approximate surface area is 200 Å². The smallest absolute Gasteiger partial charge is 0.305 e. The lowest BCUT2D eigenvalue weighted by Crippen LogP contribution is -2.33. The maximum Gasteiger partial charge on any atom is 0.305 e. The lowest BCUT2D eigenvalue weighted by molar-refractivity contribution is -0.136. The van der Waals surface area contributed by atoms with Gasteiger partial charge in [-0.15, -0.1) is 0 Å². The molecule has 11 heteroatoms. The molecule has 0 aliphatic rings. The predicted octanol–water partition coefficient (Wildman–Crippen LogP) is 2.74. The SMILES string of the molecule is Cn1c(Nc2ccc(N=C(N)N)cc2)nc2cc(C(=O)N(CCC(=O)O)c3ccccn3)ccc21. The Morgan fingerprint density at radius 3 is 2.54 bits per heavy atom. The van der Waals surface area contributed by atoms with Crippen molar-refractivity contribution < 1.29 is 14.7 Å². The predicted molar refractivity (Wildman–Crippen MR) is 134 cm³/mol. The number of pyridine rings is 1. The number of hydrogen-bond donors (Lipinski definition) is 4. The maximum atomic E-state index is 13.3. The van der Waals surface area contributed by atoms with Gasteiger partial charge in [0.1, 0.15) is 5.82 Å². The molecule has 0 unspecified atom stereocenters. The van der Waals surface area contributed by atoms with E-state index < -0.39 is 5.97 Å². The summed E-state index contributed by atoms with van der Waals surface area (Å²) in [5, 5.41) is 12.4. The second-order valence-corrected chi connectivity index (χ2v) is 7.69. The van der Waals surface area contributed by atoms with Gasteiger partial charge < -0.3 is 26.5 Å². The zero-order valence-electron chi connectivity index (χ0n) is 18.9. The number of carboxylic acids is 1. The minimum Gasteiger partial charge on any atom is -0.481 e. The average molecular weight is 473 g/mol. The van der Waals surface area contributed by atoms with E-state index in [0.717, 1.165) is 11.2 Å². The molecule has 0 bridgehead atoms. The number of fused-ring (bicyclic) bond motifs is 1. The standard InChI is InChI=1S/C24H24N8O3/c1-31-19-10-5-15(22(35)32(13-11-21(33)34)20-4-2-3-12-27-20)14-18(19)30-24(31)29-17-8-6-16(7-9-17)28-23(25)26/h2-10,12,14H,11,13H2,1H3,(H,29,30)(H,33,34)(H4,25,26,28). The van der Waals surface area contributed by atoms with Crippen LogP contribution in [0.4, 0.5) is 23.1 Å². The maximum absolute atomic E-state index is 13.3. The molecule has 178 valence electrons. The van der Waals surface area contributed by atoms with Crippen LogP contribution in [0.1, 0.15) is 16.8 Å². The fraction of sp³-hybridized carbons (Fsp3) is 0.125. The van der Waals surface area contributed by atoms with E-state index in [4.69, 9.17) is 16.6 Å². The van der Waals surface area contributed by atoms with Gasteiger partial charge >= 0.3 is 5.97 Å². The van der Waals surface area contributed by atoms with Crippen LogP contribution in [0, 0.1) is 0 Å². The summed E-state index contributed by atoms with van der Waals surface area (Å²) in [6.45, 7) is -0.00587. The normalized spacial score (nSPS) is 10.7. The molecule has 11 nitrogen and oxygen atoms in total. The first kappa shape index (κ1) is 23.2. The second kappa shape index (κ2) is 9.91. The molecule has 0 saturated heterocycles. The van der Waals surface area contributed by atoms with Crippen molar-refractivity contribution in [1.82, 2.24) is 14.5 Å². The third-order valence-electron chi connectivity index (χ3n) is 5.23. The number of carboxylic acid groups (broad SMARTS) is 1. The Morgan fingerprint density at radius 1 is 1.11 bits per heavy atom. The van der Waals surface area contributed by atoms with E-state index in [9.17, 15) is 9.59 Å². The van der Waals surface area contributed by atoms with Crippen LogP contribution in [0.5, 0.6) is 0 Å². The van der Waals surface area contributed by atoms with Gasteiger partial charge in [-0.1, -0.05) is 6.07 Å². The first-order valence-electron chi connectivity index (χ1n) is 10.7. The van der Waals surface area contributed by atoms with Crippen LogP contribution in [0.25, 0.3) is 11.0 Å². The molecule has 0 atom stereocenters. The van der Waals surface area contributed by atoms with E-state index in [-0.39, 0.29) is 24.8 Å². The van der Waals surface area contributed by atoms with Gasteiger partial charge in [-0.3, -0.25) is 14.5 Å². The zero-order valence-corrected chi connectivity index (χ0v) is 18.9. The lowest BCUT2D eigenvalue weighted by Gasteiger charge is -2.21. The van der Waals surface area contributed by atoms with Crippen LogP contribution in [-0.2, 0) is 11.8 Å². The molecule has 0 fully saturated rings. The summed E-state index contributed by atoms with van der Waals surface area (Å²) in [4.78, 5) is 38.6. The Morgan fingerprint density at radius 2 is 1.89 bits per heavy atom. The molecule has 35 heavy (non-hydrogen) atoms. The number of rotatable bonds is 8. The van der Waals surface area contributed by atoms with Crippen molar-refractivity contribution in [3.8, 4) is 0 Å². The number of nitrogens with two attached hydrogens (primary N) is 2. The number of imidazole rings is 1. The van der Waals surface area contributed by atoms with Crippen LogP contribution < -0.4 is 21.7 Å². The molecular weight excluding hydrogens is 448 g/mol. The molecule has 0 radical (unpaired) electrons.